The Morgan fingerprint density at radius 1 is 1.40 bits per heavy atom. The van der Waals surface area contributed by atoms with Crippen molar-refractivity contribution in [2.75, 3.05) is 18.4 Å². The SMILES string of the molecule is Cc1cccnc1NC(=O)[C@@H]1CCCN(Cc2noc(C3CC3)n2)C1. The van der Waals surface area contributed by atoms with Crippen LogP contribution in [-0.4, -0.2) is 39.0 Å². The molecular weight excluding hydrogens is 318 g/mol. The van der Waals surface area contributed by atoms with E-state index in [1.807, 2.05) is 19.1 Å². The standard InChI is InChI=1S/C18H23N5O2/c1-12-4-2-8-19-16(12)21-17(24)14-5-3-9-23(10-14)11-15-20-18(25-22-15)13-6-7-13/h2,4,8,13-14H,3,5-7,9-11H2,1H3,(H,19,21,24)/t14-/m1/s1. The Morgan fingerprint density at radius 3 is 3.08 bits per heavy atom. The summed E-state index contributed by atoms with van der Waals surface area (Å²) in [4.78, 5) is 23.6. The van der Waals surface area contributed by atoms with Crippen molar-refractivity contribution in [3.05, 3.63) is 35.6 Å². The van der Waals surface area contributed by atoms with Crippen molar-refractivity contribution in [3.8, 4) is 0 Å². The van der Waals surface area contributed by atoms with Crippen LogP contribution < -0.4 is 5.32 Å². The first kappa shape index (κ1) is 16.2. The van der Waals surface area contributed by atoms with Gasteiger partial charge in [0.2, 0.25) is 11.8 Å². The van der Waals surface area contributed by atoms with Gasteiger partial charge in [-0.3, -0.25) is 9.69 Å². The minimum absolute atomic E-state index is 0.0371. The van der Waals surface area contributed by atoms with Gasteiger partial charge in [-0.1, -0.05) is 11.2 Å². The number of nitrogens with one attached hydrogen (secondary N) is 1. The number of aryl methyl sites for hydroxylation is 1. The average molecular weight is 341 g/mol. The number of pyridine rings is 1. The van der Waals surface area contributed by atoms with Crippen LogP contribution >= 0.6 is 0 Å². The number of hydrogen-bond acceptors (Lipinski definition) is 6. The second kappa shape index (κ2) is 6.92. The lowest BCUT2D eigenvalue weighted by atomic mass is 9.97. The van der Waals surface area contributed by atoms with E-state index < -0.39 is 0 Å². The van der Waals surface area contributed by atoms with Crippen molar-refractivity contribution in [3.63, 3.8) is 0 Å². The molecule has 132 valence electrons. The third-order valence-electron chi connectivity index (χ3n) is 4.90. The number of likely N-dealkylation sites (tertiary alicyclic amines) is 1. The molecule has 0 unspecified atom stereocenters. The summed E-state index contributed by atoms with van der Waals surface area (Å²) < 4.78 is 5.32. The van der Waals surface area contributed by atoms with E-state index in [0.717, 1.165) is 49.5 Å². The predicted molar refractivity (Wildman–Crippen MR) is 91.9 cm³/mol. The van der Waals surface area contributed by atoms with Crippen molar-refractivity contribution >= 4 is 11.7 Å². The van der Waals surface area contributed by atoms with Crippen molar-refractivity contribution < 1.29 is 9.32 Å². The van der Waals surface area contributed by atoms with E-state index in [0.29, 0.717) is 24.8 Å². The first-order chi connectivity index (χ1) is 12.2. The maximum atomic E-state index is 12.6. The molecule has 1 saturated heterocycles. The van der Waals surface area contributed by atoms with Crippen LogP contribution in [0, 0.1) is 12.8 Å². The number of amides is 1. The number of anilines is 1. The van der Waals surface area contributed by atoms with Gasteiger partial charge in [0.15, 0.2) is 5.82 Å². The zero-order chi connectivity index (χ0) is 17.2. The van der Waals surface area contributed by atoms with Gasteiger partial charge in [-0.25, -0.2) is 4.98 Å². The van der Waals surface area contributed by atoms with E-state index in [2.05, 4.69) is 25.3 Å². The molecule has 4 rings (SSSR count). The largest absolute Gasteiger partial charge is 0.339 e. The van der Waals surface area contributed by atoms with Crippen LogP contribution in [0.25, 0.3) is 0 Å². The summed E-state index contributed by atoms with van der Waals surface area (Å²) in [5, 5.41) is 7.05. The summed E-state index contributed by atoms with van der Waals surface area (Å²) in [6.07, 6.45) is 5.89. The van der Waals surface area contributed by atoms with Crippen molar-refractivity contribution in [1.29, 1.82) is 0 Å². The molecule has 1 N–H and O–H groups in total. The molecular formula is C18H23N5O2. The minimum atomic E-state index is -0.0371. The van der Waals surface area contributed by atoms with E-state index in [9.17, 15) is 4.79 Å². The van der Waals surface area contributed by atoms with Crippen molar-refractivity contribution in [1.82, 2.24) is 20.0 Å². The summed E-state index contributed by atoms with van der Waals surface area (Å²) in [5.74, 6) is 2.62. The predicted octanol–water partition coefficient (Wildman–Crippen LogP) is 2.50. The molecule has 2 aromatic rings. The molecule has 0 aromatic carbocycles. The van der Waals surface area contributed by atoms with Gasteiger partial charge in [0.25, 0.3) is 0 Å². The van der Waals surface area contributed by atoms with Crippen molar-refractivity contribution in [2.24, 2.45) is 5.92 Å². The van der Waals surface area contributed by atoms with Gasteiger partial charge >= 0.3 is 0 Å². The Morgan fingerprint density at radius 2 is 2.28 bits per heavy atom. The molecule has 0 radical (unpaired) electrons. The fourth-order valence-corrected chi connectivity index (χ4v) is 3.28. The van der Waals surface area contributed by atoms with Crippen LogP contribution in [-0.2, 0) is 11.3 Å². The molecule has 1 saturated carbocycles. The zero-order valence-corrected chi connectivity index (χ0v) is 14.4. The Kier molecular flexibility index (Phi) is 4.48. The third kappa shape index (κ3) is 3.87. The Labute approximate surface area is 146 Å². The number of rotatable bonds is 5. The van der Waals surface area contributed by atoms with Crippen LogP contribution in [0.2, 0.25) is 0 Å². The number of carbonyl (C=O) groups is 1. The maximum Gasteiger partial charge on any atom is 0.229 e. The van der Waals surface area contributed by atoms with Gasteiger partial charge in [0.1, 0.15) is 5.82 Å². The van der Waals surface area contributed by atoms with Gasteiger partial charge in [-0.15, -0.1) is 0 Å². The fourth-order valence-electron chi connectivity index (χ4n) is 3.28. The topological polar surface area (TPSA) is 84.2 Å². The van der Waals surface area contributed by atoms with E-state index >= 15 is 0 Å². The van der Waals surface area contributed by atoms with Gasteiger partial charge in [-0.05, 0) is 50.8 Å². The van der Waals surface area contributed by atoms with E-state index in [4.69, 9.17) is 4.52 Å². The van der Waals surface area contributed by atoms with Gasteiger partial charge < -0.3 is 9.84 Å². The first-order valence-electron chi connectivity index (χ1n) is 8.96. The normalized spacial score (nSPS) is 21.2. The van der Waals surface area contributed by atoms with E-state index in [-0.39, 0.29) is 11.8 Å². The first-order valence-corrected chi connectivity index (χ1v) is 8.96. The highest BCUT2D eigenvalue weighted by Gasteiger charge is 2.31. The number of hydrogen-bond donors (Lipinski definition) is 1. The molecule has 3 heterocycles. The second-order valence-corrected chi connectivity index (χ2v) is 7.06. The molecule has 7 nitrogen and oxygen atoms in total. The highest BCUT2D eigenvalue weighted by Crippen LogP contribution is 2.38. The van der Waals surface area contributed by atoms with Crippen LogP contribution in [0.1, 0.15) is 48.9 Å². The van der Waals surface area contributed by atoms with Crippen LogP contribution in [0.15, 0.2) is 22.9 Å². The molecule has 2 fully saturated rings. The highest BCUT2D eigenvalue weighted by molar-refractivity contribution is 5.92. The number of carbonyl (C=O) groups excluding carboxylic acids is 1. The molecule has 1 atom stereocenters. The Bertz CT molecular complexity index is 755. The lowest BCUT2D eigenvalue weighted by molar-refractivity contribution is -0.121. The summed E-state index contributed by atoms with van der Waals surface area (Å²) in [7, 11) is 0. The minimum Gasteiger partial charge on any atom is -0.339 e. The maximum absolute atomic E-state index is 12.6. The molecule has 0 bridgehead atoms. The molecule has 1 aliphatic heterocycles. The third-order valence-corrected chi connectivity index (χ3v) is 4.90. The molecule has 0 spiro atoms. The van der Waals surface area contributed by atoms with E-state index in [1.165, 1.54) is 0 Å². The van der Waals surface area contributed by atoms with Crippen LogP contribution in [0.5, 0.6) is 0 Å². The van der Waals surface area contributed by atoms with Crippen LogP contribution in [0.4, 0.5) is 5.82 Å². The number of piperidine rings is 1. The average Bonchev–Trinajstić information content (AvgIpc) is 3.37. The quantitative estimate of drug-likeness (QED) is 0.899. The monoisotopic (exact) mass is 341 g/mol. The summed E-state index contributed by atoms with van der Waals surface area (Å²) in [6.45, 7) is 4.26. The van der Waals surface area contributed by atoms with Gasteiger partial charge in [-0.2, -0.15) is 4.98 Å². The fraction of sp³-hybridized carbons (Fsp3) is 0.556. The summed E-state index contributed by atoms with van der Waals surface area (Å²) in [6, 6.07) is 3.82. The Hall–Kier alpha value is -2.28. The van der Waals surface area contributed by atoms with Gasteiger partial charge in [0.05, 0.1) is 12.5 Å². The smallest absolute Gasteiger partial charge is 0.229 e. The second-order valence-electron chi connectivity index (χ2n) is 7.06. The Balaban J connectivity index is 1.35. The molecule has 25 heavy (non-hydrogen) atoms. The van der Waals surface area contributed by atoms with Crippen LogP contribution in [0.3, 0.4) is 0 Å². The lowest BCUT2D eigenvalue weighted by Crippen LogP contribution is -2.40. The van der Waals surface area contributed by atoms with Crippen molar-refractivity contribution in [2.45, 2.75) is 45.1 Å². The number of nitrogens with zero attached hydrogens (tertiary/aromatic N) is 4. The zero-order valence-electron chi connectivity index (χ0n) is 14.4. The van der Waals surface area contributed by atoms with Gasteiger partial charge in [0, 0.05) is 18.7 Å². The van der Waals surface area contributed by atoms with E-state index in [1.54, 1.807) is 6.20 Å². The molecule has 1 aliphatic carbocycles. The highest BCUT2D eigenvalue weighted by atomic mass is 16.5. The summed E-state index contributed by atoms with van der Waals surface area (Å²) in [5.41, 5.74) is 0.975. The molecule has 2 aromatic heterocycles. The lowest BCUT2D eigenvalue weighted by Gasteiger charge is -2.31. The number of aromatic nitrogens is 3. The molecule has 2 aliphatic rings. The molecule has 7 heteroatoms. The molecule has 1 amide bonds. The summed E-state index contributed by atoms with van der Waals surface area (Å²) >= 11 is 0.